The second kappa shape index (κ2) is 7.71. The third kappa shape index (κ3) is 4.08. The van der Waals surface area contributed by atoms with E-state index in [1.807, 2.05) is 31.2 Å². The molecule has 146 valence electrons. The average molecular weight is 390 g/mol. The van der Waals surface area contributed by atoms with Crippen LogP contribution in [0.2, 0.25) is 0 Å². The lowest BCUT2D eigenvalue weighted by Gasteiger charge is -2.09. The van der Waals surface area contributed by atoms with Crippen molar-refractivity contribution in [2.75, 3.05) is 5.32 Å². The second-order valence-corrected chi connectivity index (χ2v) is 6.82. The molecule has 2 heterocycles. The molecule has 4 aromatic rings. The maximum atomic E-state index is 13.7. The molecule has 0 radical (unpaired) electrons. The molecule has 0 saturated heterocycles. The number of hydrogen-bond donors (Lipinski definition) is 1. The summed E-state index contributed by atoms with van der Waals surface area (Å²) in [4.78, 5) is 16.8. The van der Waals surface area contributed by atoms with E-state index in [4.69, 9.17) is 4.52 Å². The fourth-order valence-corrected chi connectivity index (χ4v) is 2.92. The summed E-state index contributed by atoms with van der Waals surface area (Å²) in [6.07, 6.45) is 1.75. The van der Waals surface area contributed by atoms with Crippen molar-refractivity contribution in [3.63, 3.8) is 0 Å². The third-order valence-electron chi connectivity index (χ3n) is 4.55. The molecule has 0 saturated carbocycles. The Morgan fingerprint density at radius 2 is 1.93 bits per heavy atom. The molecule has 0 aliphatic rings. The lowest BCUT2D eigenvalue weighted by molar-refractivity contribution is -0.116. The van der Waals surface area contributed by atoms with Gasteiger partial charge in [-0.15, -0.1) is 0 Å². The van der Waals surface area contributed by atoms with Crippen LogP contribution in [-0.4, -0.2) is 20.6 Å². The maximum Gasteiger partial charge on any atom is 0.274 e. The summed E-state index contributed by atoms with van der Waals surface area (Å²) < 4.78 is 20.8. The van der Waals surface area contributed by atoms with E-state index in [1.165, 1.54) is 6.07 Å². The summed E-state index contributed by atoms with van der Waals surface area (Å²) in [7, 11) is 0. The smallest absolute Gasteiger partial charge is 0.274 e. The van der Waals surface area contributed by atoms with Crippen molar-refractivity contribution in [2.45, 2.75) is 20.4 Å². The molecule has 7 heteroatoms. The van der Waals surface area contributed by atoms with Crippen LogP contribution >= 0.6 is 0 Å². The average Bonchev–Trinajstić information content (AvgIpc) is 3.34. The van der Waals surface area contributed by atoms with Gasteiger partial charge in [-0.1, -0.05) is 41.1 Å². The van der Waals surface area contributed by atoms with Gasteiger partial charge in [-0.25, -0.2) is 4.39 Å². The molecule has 0 spiro atoms. The number of carbonyl (C=O) groups excluding carboxylic acids is 1. The van der Waals surface area contributed by atoms with Crippen LogP contribution in [0.1, 0.15) is 11.1 Å². The second-order valence-electron chi connectivity index (χ2n) is 6.82. The Morgan fingerprint density at radius 1 is 1.14 bits per heavy atom. The van der Waals surface area contributed by atoms with E-state index in [0.29, 0.717) is 28.7 Å². The van der Waals surface area contributed by atoms with Crippen LogP contribution in [-0.2, 0) is 11.3 Å². The number of nitrogens with one attached hydrogen (secondary N) is 1. The van der Waals surface area contributed by atoms with Gasteiger partial charge in [0.25, 0.3) is 5.89 Å². The maximum absolute atomic E-state index is 13.7. The molecule has 6 nitrogen and oxygen atoms in total. The minimum Gasteiger partial charge on any atom is -0.334 e. The van der Waals surface area contributed by atoms with Gasteiger partial charge in [-0.3, -0.25) is 4.79 Å². The van der Waals surface area contributed by atoms with E-state index in [-0.39, 0.29) is 18.3 Å². The number of halogens is 1. The minimum absolute atomic E-state index is 0.0279. The van der Waals surface area contributed by atoms with Crippen LogP contribution in [0.25, 0.3) is 23.0 Å². The van der Waals surface area contributed by atoms with Gasteiger partial charge in [-0.05, 0) is 43.7 Å². The monoisotopic (exact) mass is 390 g/mol. The predicted molar refractivity (Wildman–Crippen MR) is 108 cm³/mol. The fraction of sp³-hybridized carbons (Fsp3) is 0.136. The van der Waals surface area contributed by atoms with E-state index in [2.05, 4.69) is 15.5 Å². The summed E-state index contributed by atoms with van der Waals surface area (Å²) in [6.45, 7) is 3.71. The Labute approximate surface area is 167 Å². The Kier molecular flexibility index (Phi) is 4.95. The summed E-state index contributed by atoms with van der Waals surface area (Å²) in [6, 6.07) is 16.0. The molecular formula is C22H19FN4O2. The SMILES string of the molecule is Cc1ccc(-c2noc(-c3cccn3CC(=O)Nc3ccc(C)c(F)c3)n2)cc1. The summed E-state index contributed by atoms with van der Waals surface area (Å²) >= 11 is 0. The van der Waals surface area contributed by atoms with Crippen molar-refractivity contribution in [3.8, 4) is 23.0 Å². The summed E-state index contributed by atoms with van der Waals surface area (Å²) in [5, 5.41) is 6.73. The topological polar surface area (TPSA) is 73.0 Å². The highest BCUT2D eigenvalue weighted by Crippen LogP contribution is 2.23. The van der Waals surface area contributed by atoms with Crippen LogP contribution in [0.5, 0.6) is 0 Å². The molecule has 0 fully saturated rings. The zero-order valence-corrected chi connectivity index (χ0v) is 16.0. The standard InChI is InChI=1S/C22H19FN4O2/c1-14-5-8-16(9-6-14)21-25-22(29-26-21)19-4-3-11-27(19)13-20(28)24-17-10-7-15(2)18(23)12-17/h3-12H,13H2,1-2H3,(H,24,28). The zero-order valence-electron chi connectivity index (χ0n) is 16.0. The molecule has 0 aliphatic heterocycles. The molecular weight excluding hydrogens is 371 g/mol. The van der Waals surface area contributed by atoms with Crippen LogP contribution in [0.3, 0.4) is 0 Å². The first-order chi connectivity index (χ1) is 14.0. The number of anilines is 1. The normalized spacial score (nSPS) is 10.9. The number of amides is 1. The molecule has 29 heavy (non-hydrogen) atoms. The van der Waals surface area contributed by atoms with Crippen molar-refractivity contribution in [1.82, 2.24) is 14.7 Å². The summed E-state index contributed by atoms with van der Waals surface area (Å²) in [5.74, 6) is 0.148. The van der Waals surface area contributed by atoms with E-state index < -0.39 is 0 Å². The van der Waals surface area contributed by atoms with Gasteiger partial charge in [0, 0.05) is 17.4 Å². The fourth-order valence-electron chi connectivity index (χ4n) is 2.92. The summed E-state index contributed by atoms with van der Waals surface area (Å²) in [5.41, 5.74) is 3.55. The molecule has 2 aromatic heterocycles. The van der Waals surface area contributed by atoms with Crippen LogP contribution in [0, 0.1) is 19.7 Å². The van der Waals surface area contributed by atoms with Crippen LogP contribution in [0.15, 0.2) is 65.3 Å². The lowest BCUT2D eigenvalue weighted by atomic mass is 10.1. The lowest BCUT2D eigenvalue weighted by Crippen LogP contribution is -2.19. The molecule has 0 unspecified atom stereocenters. The first-order valence-electron chi connectivity index (χ1n) is 9.12. The number of rotatable bonds is 5. The molecule has 0 atom stereocenters. The molecule has 2 aromatic carbocycles. The van der Waals surface area contributed by atoms with Crippen molar-refractivity contribution < 1.29 is 13.7 Å². The van der Waals surface area contributed by atoms with Gasteiger partial charge in [-0.2, -0.15) is 4.98 Å². The first-order valence-corrected chi connectivity index (χ1v) is 9.12. The quantitative estimate of drug-likeness (QED) is 0.541. The van der Waals surface area contributed by atoms with Gasteiger partial charge < -0.3 is 14.4 Å². The highest BCUT2D eigenvalue weighted by Gasteiger charge is 2.15. The van der Waals surface area contributed by atoms with E-state index in [1.54, 1.807) is 42.0 Å². The predicted octanol–water partition coefficient (Wildman–Crippen LogP) is 4.60. The van der Waals surface area contributed by atoms with Crippen molar-refractivity contribution >= 4 is 11.6 Å². The van der Waals surface area contributed by atoms with Gasteiger partial charge in [0.15, 0.2) is 0 Å². The Hall–Kier alpha value is -3.74. The van der Waals surface area contributed by atoms with Crippen molar-refractivity contribution in [3.05, 3.63) is 77.7 Å². The van der Waals surface area contributed by atoms with Crippen LogP contribution in [0.4, 0.5) is 10.1 Å². The van der Waals surface area contributed by atoms with Gasteiger partial charge in [0.05, 0.1) is 0 Å². The Balaban J connectivity index is 1.50. The van der Waals surface area contributed by atoms with E-state index in [0.717, 1.165) is 11.1 Å². The number of nitrogens with zero attached hydrogens (tertiary/aromatic N) is 3. The molecule has 0 bridgehead atoms. The minimum atomic E-state index is -0.362. The van der Waals surface area contributed by atoms with Crippen molar-refractivity contribution in [1.29, 1.82) is 0 Å². The molecule has 0 aliphatic carbocycles. The first kappa shape index (κ1) is 18.6. The van der Waals surface area contributed by atoms with Gasteiger partial charge >= 0.3 is 0 Å². The highest BCUT2D eigenvalue weighted by molar-refractivity contribution is 5.90. The van der Waals surface area contributed by atoms with Gasteiger partial charge in [0.1, 0.15) is 18.1 Å². The van der Waals surface area contributed by atoms with Crippen LogP contribution < -0.4 is 5.32 Å². The van der Waals surface area contributed by atoms with Crippen molar-refractivity contribution in [2.24, 2.45) is 0 Å². The number of benzene rings is 2. The zero-order chi connectivity index (χ0) is 20.4. The third-order valence-corrected chi connectivity index (χ3v) is 4.55. The molecule has 1 N–H and O–H groups in total. The van der Waals surface area contributed by atoms with E-state index in [9.17, 15) is 9.18 Å². The number of aryl methyl sites for hydroxylation is 2. The number of hydrogen-bond acceptors (Lipinski definition) is 4. The number of carbonyl (C=O) groups is 1. The van der Waals surface area contributed by atoms with E-state index >= 15 is 0 Å². The molecule has 1 amide bonds. The number of aromatic nitrogens is 3. The van der Waals surface area contributed by atoms with Gasteiger partial charge in [0.2, 0.25) is 11.7 Å². The molecule has 4 rings (SSSR count). The highest BCUT2D eigenvalue weighted by atomic mass is 19.1. The Morgan fingerprint density at radius 3 is 2.69 bits per heavy atom. The Bertz CT molecular complexity index is 1160. The largest absolute Gasteiger partial charge is 0.334 e.